The summed E-state index contributed by atoms with van der Waals surface area (Å²) >= 11 is 16.7. The van der Waals surface area contributed by atoms with E-state index in [1.54, 1.807) is 18.6 Å². The maximum absolute atomic E-state index is 16.0. The first-order valence-electron chi connectivity index (χ1n) is 13.0. The largest absolute Gasteiger partial charge is 0.382 e. The van der Waals surface area contributed by atoms with Crippen molar-refractivity contribution in [3.05, 3.63) is 36.4 Å². The van der Waals surface area contributed by atoms with Gasteiger partial charge in [-0.05, 0) is 42.0 Å². The number of alkyl halides is 1. The van der Waals surface area contributed by atoms with E-state index in [9.17, 15) is 9.79 Å². The Bertz CT molecular complexity index is 1800. The number of ether oxygens (including phenoxy) is 1. The van der Waals surface area contributed by atoms with Crippen molar-refractivity contribution in [3.63, 3.8) is 0 Å². The van der Waals surface area contributed by atoms with Gasteiger partial charge < -0.3 is 43.0 Å². The van der Waals surface area contributed by atoms with E-state index in [1.165, 1.54) is 17.2 Å². The molecule has 4 aromatic rings. The van der Waals surface area contributed by atoms with Crippen LogP contribution in [0.3, 0.4) is 0 Å². The van der Waals surface area contributed by atoms with Crippen molar-refractivity contribution in [2.45, 2.75) is 37.1 Å². The molecule has 15 nitrogen and oxygen atoms in total. The fourth-order valence-corrected chi connectivity index (χ4v) is 8.54. The zero-order valence-corrected chi connectivity index (χ0v) is 26.0. The Kier molecular flexibility index (Phi) is 7.80. The number of nitrogens with two attached hydrogens (primary N) is 1. The number of anilines is 1. The molecule has 2 aliphatic heterocycles. The molecule has 2 unspecified atom stereocenters. The predicted octanol–water partition coefficient (Wildman–Crippen LogP) is 2.80. The topological polar surface area (TPSA) is 187 Å². The summed E-state index contributed by atoms with van der Waals surface area (Å²) in [4.78, 5) is 42.6. The fraction of sp³-hybridized carbons (Fsp3) is 0.500. The van der Waals surface area contributed by atoms with Crippen LogP contribution in [0.5, 0.6) is 0 Å². The lowest BCUT2D eigenvalue weighted by molar-refractivity contribution is -0.0425. The predicted molar refractivity (Wildman–Crippen MR) is 157 cm³/mol. The summed E-state index contributed by atoms with van der Waals surface area (Å²) in [5.41, 5.74) is 7.26. The molecule has 0 amide bonds. The molecule has 6 heterocycles. The Balaban J connectivity index is 1.14. The molecule has 21 heteroatoms. The van der Waals surface area contributed by atoms with Crippen molar-refractivity contribution >= 4 is 76.7 Å². The first-order chi connectivity index (χ1) is 20.5. The third-order valence-corrected chi connectivity index (χ3v) is 11.4. The minimum absolute atomic E-state index is 0.0129. The molecular formula is C22H24ClFN8O7P2S2. The molecule has 7 rings (SSSR count). The molecule has 3 fully saturated rings. The van der Waals surface area contributed by atoms with Crippen LogP contribution < -0.4 is 5.73 Å². The quantitative estimate of drug-likeness (QED) is 0.205. The summed E-state index contributed by atoms with van der Waals surface area (Å²) in [6.07, 6.45) is 0.592. The minimum atomic E-state index is -3.98. The number of hydrogen-bond acceptors (Lipinski definition) is 13. The van der Waals surface area contributed by atoms with Gasteiger partial charge in [0.2, 0.25) is 0 Å². The van der Waals surface area contributed by atoms with Gasteiger partial charge in [0.25, 0.3) is 0 Å². The lowest BCUT2D eigenvalue weighted by Crippen LogP contribution is -2.43. The number of nitrogen functional groups attached to an aromatic ring is 1. The Labute approximate surface area is 258 Å². The SMILES string of the molecule is Nc1ncnc2c1ncn2[C@@H]1C[C@@H]2COP(O)(=S)O[C@H]3[C@H](F)[C@H](n4ccc5c(Cl)ncnc54)O[C@@H]3COP(O)(=S)OC[C@H]21. The molecule has 4 aromatic heterocycles. The van der Waals surface area contributed by atoms with Gasteiger partial charge in [0.05, 0.1) is 31.5 Å². The van der Waals surface area contributed by atoms with Crippen LogP contribution in [0.1, 0.15) is 18.7 Å². The lowest BCUT2D eigenvalue weighted by atomic mass is 9.70. The highest BCUT2D eigenvalue weighted by Gasteiger charge is 2.51. The van der Waals surface area contributed by atoms with Crippen molar-refractivity contribution < 1.29 is 37.0 Å². The minimum Gasteiger partial charge on any atom is -0.382 e. The van der Waals surface area contributed by atoms with Gasteiger partial charge in [0.15, 0.2) is 23.9 Å². The molecule has 0 aromatic carbocycles. The Morgan fingerprint density at radius 2 is 1.72 bits per heavy atom. The lowest BCUT2D eigenvalue weighted by Gasteiger charge is -2.45. The summed E-state index contributed by atoms with van der Waals surface area (Å²) < 4.78 is 48.1. The number of hydrogen-bond donors (Lipinski definition) is 3. The monoisotopic (exact) mass is 692 g/mol. The number of rotatable bonds is 2. The van der Waals surface area contributed by atoms with Gasteiger partial charge in [-0.15, -0.1) is 0 Å². The van der Waals surface area contributed by atoms with Gasteiger partial charge >= 0.3 is 13.4 Å². The number of fused-ring (bicyclic) bond motifs is 4. The summed E-state index contributed by atoms with van der Waals surface area (Å²) in [7, 11) is 0. The van der Waals surface area contributed by atoms with Crippen LogP contribution in [0.2, 0.25) is 5.15 Å². The number of nitrogens with zero attached hydrogens (tertiary/aromatic N) is 7. The third-order valence-electron chi connectivity index (χ3n) is 7.93. The standard InChI is InChI=1S/C22H24ClFN8O7P2S2/c23-18-11-1-2-31(20(11)28-7-26-18)22-15(24)17-14(38-22)6-37-40(33,42)36-5-12-10(4-35-41(34,43)39-17)3-13(12)32-9-30-16-19(25)27-8-29-21(16)32/h1-2,7-10,12-15,17,22H,3-6H2,(H,33,42)(H,34,43)(H2,25,27,29)/t10-,12-,13-,14-,15+,17-,22-,40?,41?/m1/s1. The average molecular weight is 693 g/mol. The fourth-order valence-electron chi connectivity index (χ4n) is 5.73. The maximum Gasteiger partial charge on any atom is 0.324 e. The molecule has 0 bridgehead atoms. The van der Waals surface area contributed by atoms with E-state index in [2.05, 4.69) is 24.9 Å². The van der Waals surface area contributed by atoms with Crippen LogP contribution in [-0.2, 0) is 46.4 Å². The van der Waals surface area contributed by atoms with Crippen LogP contribution in [0.25, 0.3) is 22.2 Å². The van der Waals surface area contributed by atoms with E-state index in [-0.39, 0.29) is 42.1 Å². The second-order valence-corrected chi connectivity index (χ2v) is 16.3. The third kappa shape index (κ3) is 5.51. The summed E-state index contributed by atoms with van der Waals surface area (Å²) in [6, 6.07) is 1.44. The van der Waals surface area contributed by atoms with Crippen LogP contribution in [-0.4, -0.2) is 82.0 Å². The zero-order valence-electron chi connectivity index (χ0n) is 21.9. The number of aromatic nitrogens is 7. The highest BCUT2D eigenvalue weighted by atomic mass is 35.5. The molecule has 230 valence electrons. The van der Waals surface area contributed by atoms with Crippen LogP contribution >= 0.6 is 25.0 Å². The van der Waals surface area contributed by atoms with Gasteiger partial charge in [-0.1, -0.05) is 11.6 Å². The average Bonchev–Trinajstić information content (AvgIpc) is 3.64. The van der Waals surface area contributed by atoms with E-state index in [0.717, 1.165) is 0 Å². The molecule has 4 N–H and O–H groups in total. The van der Waals surface area contributed by atoms with Crippen molar-refractivity contribution in [1.29, 1.82) is 0 Å². The summed E-state index contributed by atoms with van der Waals surface area (Å²) in [6.45, 7) is -8.26. The smallest absolute Gasteiger partial charge is 0.324 e. The molecule has 43 heavy (non-hydrogen) atoms. The van der Waals surface area contributed by atoms with E-state index >= 15 is 4.39 Å². The van der Waals surface area contributed by atoms with Gasteiger partial charge in [0.1, 0.15) is 41.2 Å². The van der Waals surface area contributed by atoms with Gasteiger partial charge in [0, 0.05) is 18.2 Å². The van der Waals surface area contributed by atoms with E-state index in [0.29, 0.717) is 28.6 Å². The molecule has 0 spiro atoms. The number of halogens is 2. The van der Waals surface area contributed by atoms with Gasteiger partial charge in [-0.3, -0.25) is 4.52 Å². The Morgan fingerprint density at radius 3 is 2.56 bits per heavy atom. The maximum atomic E-state index is 16.0. The van der Waals surface area contributed by atoms with Gasteiger partial charge in [-0.2, -0.15) is 0 Å². The van der Waals surface area contributed by atoms with Crippen molar-refractivity contribution in [2.24, 2.45) is 11.8 Å². The summed E-state index contributed by atoms with van der Waals surface area (Å²) in [5.74, 6) is -0.224. The molecule has 0 radical (unpaired) electrons. The Morgan fingerprint density at radius 1 is 0.977 bits per heavy atom. The normalized spacial score (nSPS) is 37.2. The first kappa shape index (κ1) is 29.9. The van der Waals surface area contributed by atoms with Gasteiger partial charge in [-0.25, -0.2) is 29.3 Å². The second kappa shape index (κ2) is 11.2. The molecule has 1 aliphatic carbocycles. The highest BCUT2D eigenvalue weighted by Crippen LogP contribution is 2.55. The second-order valence-electron chi connectivity index (χ2n) is 10.3. The van der Waals surface area contributed by atoms with Crippen LogP contribution in [0.15, 0.2) is 31.2 Å². The first-order valence-corrected chi connectivity index (χ1v) is 18.5. The van der Waals surface area contributed by atoms with E-state index < -0.39 is 44.7 Å². The van der Waals surface area contributed by atoms with Crippen molar-refractivity contribution in [3.8, 4) is 0 Å². The van der Waals surface area contributed by atoms with E-state index in [4.69, 9.17) is 63.8 Å². The van der Waals surface area contributed by atoms with Crippen molar-refractivity contribution in [2.75, 3.05) is 25.6 Å². The molecule has 2 saturated heterocycles. The Hall–Kier alpha value is -1.79. The van der Waals surface area contributed by atoms with Crippen molar-refractivity contribution in [1.82, 2.24) is 34.1 Å². The molecule has 9 atom stereocenters. The molecule has 1 saturated carbocycles. The van der Waals surface area contributed by atoms with E-state index in [1.807, 2.05) is 4.57 Å². The van der Waals surface area contributed by atoms with Crippen LogP contribution in [0, 0.1) is 11.8 Å². The molecule has 3 aliphatic rings. The zero-order chi connectivity index (χ0) is 30.1. The van der Waals surface area contributed by atoms with Crippen LogP contribution in [0.4, 0.5) is 10.2 Å². The highest BCUT2D eigenvalue weighted by molar-refractivity contribution is 8.07. The molecular weight excluding hydrogens is 669 g/mol. The summed E-state index contributed by atoms with van der Waals surface area (Å²) in [5, 5.41) is 0.675. The number of imidazole rings is 1.